The molecule has 1 aromatic rings. The Labute approximate surface area is 116 Å². The first-order valence-electron chi connectivity index (χ1n) is 5.75. The highest BCUT2D eigenvalue weighted by atomic mass is 32.3. The summed E-state index contributed by atoms with van der Waals surface area (Å²) in [7, 11) is -1.75. The minimum absolute atomic E-state index is 0.0498. The normalized spacial score (nSPS) is 19.1. The number of rotatable bonds is 2. The average Bonchev–Trinajstić information content (AvgIpc) is 2.48. The first-order valence-corrected chi connectivity index (χ1v) is 7.08. The summed E-state index contributed by atoms with van der Waals surface area (Å²) in [6.45, 7) is 0. The summed E-state index contributed by atoms with van der Waals surface area (Å²) in [5, 5.41) is 12.9. The van der Waals surface area contributed by atoms with Gasteiger partial charge in [0.05, 0.1) is 20.2 Å². The van der Waals surface area contributed by atoms with E-state index in [1.54, 1.807) is 38.4 Å². The van der Waals surface area contributed by atoms with E-state index in [0.29, 0.717) is 17.0 Å². The van der Waals surface area contributed by atoms with Crippen LogP contribution >= 0.6 is 0 Å². The lowest BCUT2D eigenvalue weighted by Crippen LogP contribution is -2.31. The molecule has 1 aliphatic rings. The van der Waals surface area contributed by atoms with Crippen LogP contribution in [0.2, 0.25) is 0 Å². The molecule has 0 radical (unpaired) electrons. The molecule has 7 nitrogen and oxygen atoms in total. The van der Waals surface area contributed by atoms with Gasteiger partial charge in [-0.05, 0) is 0 Å². The molecule has 0 amide bonds. The summed E-state index contributed by atoms with van der Waals surface area (Å²) >= 11 is 0. The number of aliphatic hydroxyl groups excluding tert-OH is 1. The lowest BCUT2D eigenvalue weighted by atomic mass is 10.1. The predicted octanol–water partition coefficient (Wildman–Crippen LogP) is 0.335. The molecule has 0 aliphatic carbocycles. The van der Waals surface area contributed by atoms with Gasteiger partial charge in [-0.3, -0.25) is 5.32 Å². The van der Waals surface area contributed by atoms with Gasteiger partial charge in [-0.25, -0.2) is 17.2 Å². The second kappa shape index (κ2) is 5.23. The lowest BCUT2D eigenvalue weighted by Gasteiger charge is -2.20. The van der Waals surface area contributed by atoms with Gasteiger partial charge in [0.15, 0.2) is 0 Å². The number of likely N-dealkylation sites (N-methyl/N-ethyl adjacent to an activating group) is 1. The molecule has 0 fully saturated rings. The Balaban J connectivity index is 2.66. The van der Waals surface area contributed by atoms with Crippen molar-refractivity contribution in [2.24, 2.45) is 0 Å². The Kier molecular flexibility index (Phi) is 3.80. The molecule has 0 saturated heterocycles. The van der Waals surface area contributed by atoms with Crippen LogP contribution in [0.1, 0.15) is 17.4 Å². The highest BCUT2D eigenvalue weighted by molar-refractivity contribution is 7.80. The molecule has 1 aromatic carbocycles. The highest BCUT2D eigenvalue weighted by Crippen LogP contribution is 2.29. The molecule has 2 N–H and O–H groups in total. The van der Waals surface area contributed by atoms with Crippen LogP contribution in [0.4, 0.5) is 0 Å². The fraction of sp³-hybridized carbons (Fsp3) is 0.250. The Morgan fingerprint density at radius 1 is 1.40 bits per heavy atom. The Bertz CT molecular complexity index is 694. The van der Waals surface area contributed by atoms with E-state index in [1.165, 1.54) is 10.7 Å². The van der Waals surface area contributed by atoms with E-state index in [2.05, 4.69) is 9.50 Å². The third-order valence-electron chi connectivity index (χ3n) is 2.97. The van der Waals surface area contributed by atoms with Crippen molar-refractivity contribution in [2.75, 3.05) is 14.1 Å². The minimum Gasteiger partial charge on any atom is -0.725 e. The van der Waals surface area contributed by atoms with Crippen LogP contribution in [0, 0.1) is 0 Å². The summed E-state index contributed by atoms with van der Waals surface area (Å²) in [4.78, 5) is 0. The van der Waals surface area contributed by atoms with Crippen LogP contribution in [-0.2, 0) is 14.6 Å². The lowest BCUT2D eigenvalue weighted by molar-refractivity contribution is -0.585. The summed E-state index contributed by atoms with van der Waals surface area (Å²) in [6, 6.07) is 6.56. The van der Waals surface area contributed by atoms with Crippen molar-refractivity contribution in [3.63, 3.8) is 0 Å². The van der Waals surface area contributed by atoms with Gasteiger partial charge in [-0.15, -0.1) is 0 Å². The SMILES string of the molecule is CNC1=[N+](C)C(OS(=O)(=O)[O-])c2ccccc2C(O)=C1. The molecule has 108 valence electrons. The molecule has 1 heterocycles. The number of nitrogens with zero attached hydrogens (tertiary/aromatic N) is 1. The van der Waals surface area contributed by atoms with Gasteiger partial charge in [-0.1, -0.05) is 24.3 Å². The van der Waals surface area contributed by atoms with E-state index in [9.17, 15) is 18.1 Å². The number of aliphatic hydroxyl groups is 1. The van der Waals surface area contributed by atoms with E-state index >= 15 is 0 Å². The fourth-order valence-electron chi connectivity index (χ4n) is 2.07. The standard InChI is InChI=1S/C12H14N2O5S/c1-13-11-7-10(15)8-5-3-4-6-9(8)12(14(11)2)19-20(16,17)18/h3-7,12H,1-2H3,(H2,13,15,16,17,18). The topological polar surface area (TPSA) is 102 Å². The molecule has 0 aromatic heterocycles. The Morgan fingerprint density at radius 2 is 2.05 bits per heavy atom. The highest BCUT2D eigenvalue weighted by Gasteiger charge is 2.29. The quantitative estimate of drug-likeness (QED) is 0.463. The monoisotopic (exact) mass is 298 g/mol. The number of amidine groups is 1. The second-order valence-corrected chi connectivity index (χ2v) is 5.23. The molecule has 20 heavy (non-hydrogen) atoms. The largest absolute Gasteiger partial charge is 0.725 e. The summed E-state index contributed by atoms with van der Waals surface area (Å²) < 4.78 is 38.8. The van der Waals surface area contributed by atoms with Crippen LogP contribution in [0.5, 0.6) is 0 Å². The molecular weight excluding hydrogens is 284 g/mol. The van der Waals surface area contributed by atoms with Gasteiger partial charge in [0.2, 0.25) is 16.6 Å². The van der Waals surface area contributed by atoms with Gasteiger partial charge in [0.1, 0.15) is 5.76 Å². The van der Waals surface area contributed by atoms with Crippen molar-refractivity contribution in [1.82, 2.24) is 5.32 Å². The third-order valence-corrected chi connectivity index (χ3v) is 3.39. The number of hydrogen-bond acceptors (Lipinski definition) is 6. The molecule has 1 atom stereocenters. The Morgan fingerprint density at radius 3 is 2.65 bits per heavy atom. The first-order chi connectivity index (χ1) is 9.33. The minimum atomic E-state index is -4.90. The predicted molar refractivity (Wildman–Crippen MR) is 70.8 cm³/mol. The molecule has 1 aliphatic heterocycles. The van der Waals surface area contributed by atoms with E-state index in [0.717, 1.165) is 0 Å². The number of fused-ring (bicyclic) bond motifs is 1. The van der Waals surface area contributed by atoms with Gasteiger partial charge < -0.3 is 9.66 Å². The number of benzene rings is 1. The maximum atomic E-state index is 10.9. The number of nitrogens with one attached hydrogen (secondary N) is 1. The average molecular weight is 298 g/mol. The molecule has 2 rings (SSSR count). The summed E-state index contributed by atoms with van der Waals surface area (Å²) in [5.41, 5.74) is 0.784. The second-order valence-electron chi connectivity index (χ2n) is 4.22. The van der Waals surface area contributed by atoms with Gasteiger partial charge in [0, 0.05) is 11.1 Å². The molecular formula is C12H14N2O5S. The van der Waals surface area contributed by atoms with Crippen LogP contribution in [0.15, 0.2) is 30.3 Å². The fourth-order valence-corrected chi connectivity index (χ4v) is 2.52. The van der Waals surface area contributed by atoms with E-state index in [-0.39, 0.29) is 5.76 Å². The van der Waals surface area contributed by atoms with E-state index < -0.39 is 16.6 Å². The van der Waals surface area contributed by atoms with E-state index in [1.807, 2.05) is 0 Å². The van der Waals surface area contributed by atoms with E-state index in [4.69, 9.17) is 0 Å². The molecule has 0 saturated carbocycles. The van der Waals surface area contributed by atoms with Gasteiger partial charge >= 0.3 is 0 Å². The van der Waals surface area contributed by atoms with Gasteiger partial charge in [0.25, 0.3) is 5.84 Å². The van der Waals surface area contributed by atoms with Crippen molar-refractivity contribution in [3.8, 4) is 0 Å². The smallest absolute Gasteiger partial charge is 0.275 e. The summed E-state index contributed by atoms with van der Waals surface area (Å²) in [5.74, 6) is 0.360. The van der Waals surface area contributed by atoms with Crippen LogP contribution in [-0.4, -0.2) is 42.6 Å². The van der Waals surface area contributed by atoms with Crippen molar-refractivity contribution in [3.05, 3.63) is 41.5 Å². The molecule has 1 unspecified atom stereocenters. The maximum Gasteiger partial charge on any atom is 0.275 e. The van der Waals surface area contributed by atoms with Crippen molar-refractivity contribution in [1.29, 1.82) is 0 Å². The summed E-state index contributed by atoms with van der Waals surface area (Å²) in [6.07, 6.45) is 0.275. The zero-order valence-corrected chi connectivity index (χ0v) is 11.7. The van der Waals surface area contributed by atoms with Crippen LogP contribution in [0.25, 0.3) is 5.76 Å². The molecule has 0 bridgehead atoms. The molecule has 0 spiro atoms. The van der Waals surface area contributed by atoms with Crippen molar-refractivity contribution in [2.45, 2.75) is 6.23 Å². The zero-order valence-electron chi connectivity index (χ0n) is 10.9. The third kappa shape index (κ3) is 2.82. The maximum absolute atomic E-state index is 10.9. The van der Waals surface area contributed by atoms with Crippen LogP contribution < -0.4 is 5.32 Å². The number of hydrogen-bond donors (Lipinski definition) is 2. The Hall–Kier alpha value is -1.90. The molecule has 8 heteroatoms. The zero-order chi connectivity index (χ0) is 14.9. The van der Waals surface area contributed by atoms with Crippen LogP contribution in [0.3, 0.4) is 0 Å². The van der Waals surface area contributed by atoms with Crippen molar-refractivity contribution < 1.29 is 26.8 Å². The van der Waals surface area contributed by atoms with Crippen molar-refractivity contribution >= 4 is 22.0 Å². The first kappa shape index (κ1) is 14.5. The van der Waals surface area contributed by atoms with Gasteiger partial charge in [-0.2, -0.15) is 0 Å².